The largest absolute Gasteiger partial charge is 0.488 e. The van der Waals surface area contributed by atoms with Crippen LogP contribution in [0, 0.1) is 6.92 Å². The van der Waals surface area contributed by atoms with Crippen molar-refractivity contribution in [2.75, 3.05) is 7.11 Å². The van der Waals surface area contributed by atoms with E-state index in [1.54, 1.807) is 20.2 Å². The van der Waals surface area contributed by atoms with Crippen LogP contribution < -0.4 is 4.74 Å². The van der Waals surface area contributed by atoms with Crippen molar-refractivity contribution in [1.29, 1.82) is 0 Å². The molecule has 0 unspecified atom stereocenters. The van der Waals surface area contributed by atoms with Gasteiger partial charge in [-0.2, -0.15) is 4.98 Å². The lowest BCUT2D eigenvalue weighted by molar-refractivity contribution is 0.186. The highest BCUT2D eigenvalue weighted by atomic mass is 16.5. The second-order valence-electron chi connectivity index (χ2n) is 7.03. The number of H-pyrrole nitrogens is 1. The predicted octanol–water partition coefficient (Wildman–Crippen LogP) is 4.80. The van der Waals surface area contributed by atoms with Crippen LogP contribution in [0.1, 0.15) is 17.0 Å². The van der Waals surface area contributed by atoms with Crippen molar-refractivity contribution in [2.24, 2.45) is 0 Å². The minimum atomic E-state index is 0.348. The van der Waals surface area contributed by atoms with E-state index in [1.807, 2.05) is 48.5 Å². The SMILES string of the molecule is COCc1c(-c2nc(C)no2)ncc2[nH]c3cccc(OCc4ccccc4)c3c12. The fourth-order valence-corrected chi connectivity index (χ4v) is 3.69. The number of nitrogens with zero attached hydrogens (tertiary/aromatic N) is 3. The van der Waals surface area contributed by atoms with Gasteiger partial charge in [0, 0.05) is 23.4 Å². The van der Waals surface area contributed by atoms with E-state index in [-0.39, 0.29) is 0 Å². The Morgan fingerprint density at radius 2 is 1.83 bits per heavy atom. The standard InChI is InChI=1S/C23H20N4O3/c1-14-25-23(30-27-14)22-16(13-28-2)20-18(11-24-22)26-17-9-6-10-19(21(17)20)29-12-15-7-4-3-5-8-15/h3-11,26H,12-13H2,1-2H3. The summed E-state index contributed by atoms with van der Waals surface area (Å²) in [5.41, 5.74) is 4.46. The molecular formula is C23H20N4O3. The Bertz CT molecular complexity index is 1320. The molecule has 5 rings (SSSR count). The van der Waals surface area contributed by atoms with Crippen molar-refractivity contribution in [2.45, 2.75) is 20.1 Å². The molecule has 3 aromatic heterocycles. The Kier molecular flexibility index (Phi) is 4.65. The number of aromatic amines is 1. The predicted molar refractivity (Wildman–Crippen MR) is 113 cm³/mol. The van der Waals surface area contributed by atoms with Crippen molar-refractivity contribution >= 4 is 21.8 Å². The summed E-state index contributed by atoms with van der Waals surface area (Å²) < 4.78 is 17.1. The third-order valence-corrected chi connectivity index (χ3v) is 4.98. The van der Waals surface area contributed by atoms with Gasteiger partial charge in [0.1, 0.15) is 18.1 Å². The van der Waals surface area contributed by atoms with E-state index in [2.05, 4.69) is 20.1 Å². The van der Waals surface area contributed by atoms with E-state index in [1.165, 1.54) is 0 Å². The summed E-state index contributed by atoms with van der Waals surface area (Å²) in [6, 6.07) is 16.1. The molecule has 0 aliphatic carbocycles. The quantitative estimate of drug-likeness (QED) is 0.441. The molecule has 0 saturated heterocycles. The molecule has 0 atom stereocenters. The summed E-state index contributed by atoms with van der Waals surface area (Å²) in [6.07, 6.45) is 1.78. The number of hydrogen-bond acceptors (Lipinski definition) is 6. The zero-order chi connectivity index (χ0) is 20.5. The maximum absolute atomic E-state index is 6.22. The molecule has 5 aromatic rings. The number of methoxy groups -OCH3 is 1. The lowest BCUT2D eigenvalue weighted by atomic mass is 10.0. The molecule has 0 fully saturated rings. The maximum Gasteiger partial charge on any atom is 0.276 e. The van der Waals surface area contributed by atoms with Gasteiger partial charge in [0.25, 0.3) is 5.89 Å². The molecule has 0 aliphatic heterocycles. The first-order valence-corrected chi connectivity index (χ1v) is 9.63. The molecule has 0 spiro atoms. The molecule has 2 aromatic carbocycles. The zero-order valence-corrected chi connectivity index (χ0v) is 16.7. The van der Waals surface area contributed by atoms with E-state index in [0.717, 1.165) is 38.7 Å². The summed E-state index contributed by atoms with van der Waals surface area (Å²) in [6.45, 7) is 2.61. The van der Waals surface area contributed by atoms with Gasteiger partial charge in [0.2, 0.25) is 0 Å². The molecular weight excluding hydrogens is 380 g/mol. The van der Waals surface area contributed by atoms with Crippen molar-refractivity contribution < 1.29 is 14.0 Å². The van der Waals surface area contributed by atoms with E-state index in [0.29, 0.717) is 30.6 Å². The highest BCUT2D eigenvalue weighted by Crippen LogP contribution is 2.38. The van der Waals surface area contributed by atoms with Crippen LogP contribution in [0.4, 0.5) is 0 Å². The molecule has 150 valence electrons. The third kappa shape index (κ3) is 3.19. The molecule has 30 heavy (non-hydrogen) atoms. The number of fused-ring (bicyclic) bond motifs is 3. The fourth-order valence-electron chi connectivity index (χ4n) is 3.69. The molecule has 0 amide bonds. The van der Waals surface area contributed by atoms with E-state index in [4.69, 9.17) is 14.0 Å². The smallest absolute Gasteiger partial charge is 0.276 e. The fraction of sp³-hybridized carbons (Fsp3) is 0.174. The lowest BCUT2D eigenvalue weighted by Gasteiger charge is -2.10. The molecule has 0 aliphatic rings. The number of ether oxygens (including phenoxy) is 2. The normalized spacial score (nSPS) is 11.4. The van der Waals surface area contributed by atoms with Gasteiger partial charge in [-0.25, -0.2) is 4.98 Å². The van der Waals surface area contributed by atoms with E-state index >= 15 is 0 Å². The monoisotopic (exact) mass is 400 g/mol. The highest BCUT2D eigenvalue weighted by Gasteiger charge is 2.21. The van der Waals surface area contributed by atoms with Gasteiger partial charge < -0.3 is 19.0 Å². The van der Waals surface area contributed by atoms with Gasteiger partial charge in [-0.15, -0.1) is 0 Å². The third-order valence-electron chi connectivity index (χ3n) is 4.98. The molecule has 1 N–H and O–H groups in total. The van der Waals surface area contributed by atoms with Crippen LogP contribution in [0.25, 0.3) is 33.4 Å². The van der Waals surface area contributed by atoms with Crippen LogP contribution in [0.5, 0.6) is 5.75 Å². The number of aromatic nitrogens is 4. The second-order valence-corrected chi connectivity index (χ2v) is 7.03. The summed E-state index contributed by atoms with van der Waals surface area (Å²) >= 11 is 0. The number of hydrogen-bond donors (Lipinski definition) is 1. The first kappa shape index (κ1) is 18.3. The average Bonchev–Trinajstić information content (AvgIpc) is 3.37. The van der Waals surface area contributed by atoms with Gasteiger partial charge >= 0.3 is 0 Å². The molecule has 7 nitrogen and oxygen atoms in total. The van der Waals surface area contributed by atoms with E-state index in [9.17, 15) is 0 Å². The van der Waals surface area contributed by atoms with E-state index < -0.39 is 0 Å². The van der Waals surface area contributed by atoms with Gasteiger partial charge in [0.15, 0.2) is 5.82 Å². The lowest BCUT2D eigenvalue weighted by Crippen LogP contribution is -1.98. The average molecular weight is 400 g/mol. The Labute approximate surface area is 172 Å². The Morgan fingerprint density at radius 1 is 0.967 bits per heavy atom. The van der Waals surface area contributed by atoms with Crippen molar-refractivity contribution in [3.8, 4) is 17.3 Å². The van der Waals surface area contributed by atoms with Gasteiger partial charge in [-0.1, -0.05) is 41.6 Å². The van der Waals surface area contributed by atoms with Crippen molar-refractivity contribution in [3.63, 3.8) is 0 Å². The Hall–Kier alpha value is -3.71. The first-order chi connectivity index (χ1) is 14.7. The number of nitrogens with one attached hydrogen (secondary N) is 1. The Morgan fingerprint density at radius 3 is 2.60 bits per heavy atom. The van der Waals surface area contributed by atoms with Crippen LogP contribution in [0.2, 0.25) is 0 Å². The summed E-state index contributed by atoms with van der Waals surface area (Å²) in [4.78, 5) is 12.4. The highest BCUT2D eigenvalue weighted by molar-refractivity contribution is 6.12. The zero-order valence-electron chi connectivity index (χ0n) is 16.7. The van der Waals surface area contributed by atoms with Crippen LogP contribution in [0.3, 0.4) is 0 Å². The first-order valence-electron chi connectivity index (χ1n) is 9.63. The number of pyridine rings is 1. The minimum absolute atomic E-state index is 0.348. The van der Waals surface area contributed by atoms with Crippen molar-refractivity contribution in [3.05, 3.63) is 71.7 Å². The van der Waals surface area contributed by atoms with Crippen LogP contribution in [-0.2, 0) is 18.0 Å². The number of benzene rings is 2. The number of rotatable bonds is 6. The van der Waals surface area contributed by atoms with Crippen molar-refractivity contribution in [1.82, 2.24) is 20.1 Å². The second kappa shape index (κ2) is 7.61. The van der Waals surface area contributed by atoms with Gasteiger partial charge in [-0.05, 0) is 24.6 Å². The van der Waals surface area contributed by atoms with Crippen LogP contribution in [-0.4, -0.2) is 27.2 Å². The molecule has 0 radical (unpaired) electrons. The summed E-state index contributed by atoms with van der Waals surface area (Å²) in [7, 11) is 1.66. The van der Waals surface area contributed by atoms with Gasteiger partial charge in [-0.3, -0.25) is 0 Å². The Balaban J connectivity index is 1.69. The summed E-state index contributed by atoms with van der Waals surface area (Å²) in [5.74, 6) is 1.72. The minimum Gasteiger partial charge on any atom is -0.488 e. The molecule has 7 heteroatoms. The molecule has 3 heterocycles. The molecule has 0 saturated carbocycles. The maximum atomic E-state index is 6.22. The number of aryl methyl sites for hydroxylation is 1. The summed E-state index contributed by atoms with van der Waals surface area (Å²) in [5, 5.41) is 5.87. The van der Waals surface area contributed by atoms with Crippen LogP contribution in [0.15, 0.2) is 59.3 Å². The van der Waals surface area contributed by atoms with Crippen LogP contribution >= 0.6 is 0 Å². The topological polar surface area (TPSA) is 86.1 Å². The van der Waals surface area contributed by atoms with Gasteiger partial charge in [0.05, 0.1) is 23.8 Å². The molecule has 0 bridgehead atoms.